The van der Waals surface area contributed by atoms with Crippen molar-refractivity contribution in [1.29, 1.82) is 0 Å². The third kappa shape index (κ3) is 2.34. The number of thiophene rings is 1. The van der Waals surface area contributed by atoms with Gasteiger partial charge in [-0.15, -0.1) is 11.3 Å². The van der Waals surface area contributed by atoms with Gasteiger partial charge in [0.2, 0.25) is 0 Å². The zero-order chi connectivity index (χ0) is 12.4. The number of aromatic nitrogens is 2. The number of carbonyl (C=O) groups excluding carboxylic acids is 1. The SMILES string of the molecule is CCCCOC(=O)c1cc2c(C)nn(C)c2s1. The fourth-order valence-corrected chi connectivity index (χ4v) is 2.70. The summed E-state index contributed by atoms with van der Waals surface area (Å²) in [7, 11) is 1.89. The number of esters is 1. The number of carbonyl (C=O) groups is 1. The first-order chi connectivity index (χ1) is 8.13. The standard InChI is InChI=1S/C12H16N2O2S/c1-4-5-6-16-12(15)10-7-9-8(2)13-14(3)11(9)17-10/h7H,4-6H2,1-3H3. The van der Waals surface area contributed by atoms with Crippen molar-refractivity contribution in [2.24, 2.45) is 7.05 Å². The van der Waals surface area contributed by atoms with Gasteiger partial charge in [-0.25, -0.2) is 4.79 Å². The van der Waals surface area contributed by atoms with Gasteiger partial charge in [-0.2, -0.15) is 5.10 Å². The van der Waals surface area contributed by atoms with Gasteiger partial charge in [0, 0.05) is 12.4 Å². The first kappa shape index (κ1) is 12.1. The predicted octanol–water partition coefficient (Wildman–Crippen LogP) is 2.90. The average Bonchev–Trinajstić information content (AvgIpc) is 2.82. The average molecular weight is 252 g/mol. The van der Waals surface area contributed by atoms with Crippen LogP contribution in [0.25, 0.3) is 10.2 Å². The molecule has 0 radical (unpaired) electrons. The minimum atomic E-state index is -0.223. The number of unbranched alkanes of at least 4 members (excludes halogenated alkanes) is 1. The van der Waals surface area contributed by atoms with E-state index in [9.17, 15) is 4.79 Å². The molecule has 0 aliphatic heterocycles. The number of hydrogen-bond acceptors (Lipinski definition) is 4. The Balaban J connectivity index is 2.19. The van der Waals surface area contributed by atoms with Crippen molar-refractivity contribution in [2.45, 2.75) is 26.7 Å². The molecular formula is C12H16N2O2S. The molecule has 0 aliphatic rings. The monoisotopic (exact) mass is 252 g/mol. The molecule has 5 heteroatoms. The van der Waals surface area contributed by atoms with Crippen LogP contribution in [0.15, 0.2) is 6.07 Å². The maximum atomic E-state index is 11.8. The second-order valence-corrected chi connectivity index (χ2v) is 5.06. The van der Waals surface area contributed by atoms with Crippen molar-refractivity contribution in [3.63, 3.8) is 0 Å². The Labute approximate surface area is 104 Å². The highest BCUT2D eigenvalue weighted by molar-refractivity contribution is 7.20. The lowest BCUT2D eigenvalue weighted by molar-refractivity contribution is 0.0505. The minimum absolute atomic E-state index is 0.223. The smallest absolute Gasteiger partial charge is 0.348 e. The molecule has 0 aromatic carbocycles. The van der Waals surface area contributed by atoms with Crippen molar-refractivity contribution in [2.75, 3.05) is 6.61 Å². The van der Waals surface area contributed by atoms with E-state index in [-0.39, 0.29) is 5.97 Å². The molecule has 17 heavy (non-hydrogen) atoms. The number of rotatable bonds is 4. The van der Waals surface area contributed by atoms with Crippen LogP contribution < -0.4 is 0 Å². The molecule has 0 amide bonds. The summed E-state index contributed by atoms with van der Waals surface area (Å²) in [4.78, 5) is 13.4. The second kappa shape index (κ2) is 4.87. The lowest BCUT2D eigenvalue weighted by Crippen LogP contribution is -2.04. The van der Waals surface area contributed by atoms with E-state index in [1.807, 2.05) is 20.0 Å². The van der Waals surface area contributed by atoms with E-state index in [1.54, 1.807) is 4.68 Å². The number of ether oxygens (including phenoxy) is 1. The molecule has 0 unspecified atom stereocenters. The minimum Gasteiger partial charge on any atom is -0.462 e. The summed E-state index contributed by atoms with van der Waals surface area (Å²) in [6.07, 6.45) is 1.94. The first-order valence-corrected chi connectivity index (χ1v) is 6.55. The van der Waals surface area contributed by atoms with Crippen LogP contribution in [0.5, 0.6) is 0 Å². The number of hydrogen-bond donors (Lipinski definition) is 0. The fraction of sp³-hybridized carbons (Fsp3) is 0.500. The van der Waals surface area contributed by atoms with Gasteiger partial charge in [0.05, 0.1) is 12.3 Å². The van der Waals surface area contributed by atoms with Crippen molar-refractivity contribution < 1.29 is 9.53 Å². The van der Waals surface area contributed by atoms with Crippen LogP contribution in [0.3, 0.4) is 0 Å². The van der Waals surface area contributed by atoms with Crippen LogP contribution in [0.2, 0.25) is 0 Å². The van der Waals surface area contributed by atoms with Gasteiger partial charge in [-0.3, -0.25) is 4.68 Å². The van der Waals surface area contributed by atoms with E-state index in [4.69, 9.17) is 4.74 Å². The predicted molar refractivity (Wildman–Crippen MR) is 68.5 cm³/mol. The molecule has 4 nitrogen and oxygen atoms in total. The topological polar surface area (TPSA) is 44.1 Å². The van der Waals surface area contributed by atoms with Gasteiger partial charge in [0.1, 0.15) is 9.71 Å². The molecule has 0 saturated heterocycles. The van der Waals surface area contributed by atoms with Crippen molar-refractivity contribution in [3.8, 4) is 0 Å². The molecule has 0 bridgehead atoms. The van der Waals surface area contributed by atoms with Gasteiger partial charge < -0.3 is 4.74 Å². The Bertz CT molecular complexity index is 507. The summed E-state index contributed by atoms with van der Waals surface area (Å²) in [5, 5.41) is 5.34. The summed E-state index contributed by atoms with van der Waals surface area (Å²) < 4.78 is 6.99. The maximum Gasteiger partial charge on any atom is 0.348 e. The number of nitrogens with zero attached hydrogens (tertiary/aromatic N) is 2. The molecule has 92 valence electrons. The summed E-state index contributed by atoms with van der Waals surface area (Å²) in [6.45, 7) is 4.52. The normalized spacial score (nSPS) is 11.0. The molecule has 2 heterocycles. The third-order valence-electron chi connectivity index (χ3n) is 2.63. The molecule has 2 rings (SSSR count). The molecule has 0 N–H and O–H groups in total. The second-order valence-electron chi connectivity index (χ2n) is 4.03. The quantitative estimate of drug-likeness (QED) is 0.621. The van der Waals surface area contributed by atoms with Crippen LogP contribution in [-0.2, 0) is 11.8 Å². The highest BCUT2D eigenvalue weighted by atomic mass is 32.1. The molecule has 2 aromatic heterocycles. The van der Waals surface area contributed by atoms with Crippen molar-refractivity contribution in [1.82, 2.24) is 9.78 Å². The molecule has 0 atom stereocenters. The Hall–Kier alpha value is -1.36. The van der Waals surface area contributed by atoms with E-state index in [2.05, 4.69) is 12.0 Å². The van der Waals surface area contributed by atoms with Gasteiger partial charge in [0.15, 0.2) is 0 Å². The van der Waals surface area contributed by atoms with Crippen molar-refractivity contribution in [3.05, 3.63) is 16.6 Å². The number of fused-ring (bicyclic) bond motifs is 1. The summed E-state index contributed by atoms with van der Waals surface area (Å²) in [5.74, 6) is -0.223. The van der Waals surface area contributed by atoms with E-state index in [0.717, 1.165) is 28.8 Å². The highest BCUT2D eigenvalue weighted by Crippen LogP contribution is 2.28. The van der Waals surface area contributed by atoms with Crippen LogP contribution in [0, 0.1) is 6.92 Å². The van der Waals surface area contributed by atoms with E-state index in [0.29, 0.717) is 11.5 Å². The van der Waals surface area contributed by atoms with Gasteiger partial charge in [0.25, 0.3) is 0 Å². The maximum absolute atomic E-state index is 11.8. The van der Waals surface area contributed by atoms with E-state index < -0.39 is 0 Å². The van der Waals surface area contributed by atoms with Crippen LogP contribution in [-0.4, -0.2) is 22.4 Å². The van der Waals surface area contributed by atoms with Crippen LogP contribution >= 0.6 is 11.3 Å². The fourth-order valence-electron chi connectivity index (χ4n) is 1.69. The number of aryl methyl sites for hydroxylation is 2. The Morgan fingerprint density at radius 3 is 3.00 bits per heavy atom. The molecule has 0 spiro atoms. The van der Waals surface area contributed by atoms with Gasteiger partial charge in [-0.1, -0.05) is 13.3 Å². The summed E-state index contributed by atoms with van der Waals surface area (Å²) in [6, 6.07) is 1.87. The van der Waals surface area contributed by atoms with Crippen molar-refractivity contribution >= 4 is 27.5 Å². The lowest BCUT2D eigenvalue weighted by Gasteiger charge is -2.00. The van der Waals surface area contributed by atoms with Crippen LogP contribution in [0.1, 0.15) is 35.1 Å². The molecule has 0 aliphatic carbocycles. The van der Waals surface area contributed by atoms with E-state index >= 15 is 0 Å². The summed E-state index contributed by atoms with van der Waals surface area (Å²) >= 11 is 1.44. The Morgan fingerprint density at radius 2 is 2.35 bits per heavy atom. The zero-order valence-corrected chi connectivity index (χ0v) is 11.1. The largest absolute Gasteiger partial charge is 0.462 e. The van der Waals surface area contributed by atoms with Crippen LogP contribution in [0.4, 0.5) is 0 Å². The molecule has 0 saturated carbocycles. The van der Waals surface area contributed by atoms with E-state index in [1.165, 1.54) is 11.3 Å². The molecule has 0 fully saturated rings. The van der Waals surface area contributed by atoms with Gasteiger partial charge >= 0.3 is 5.97 Å². The first-order valence-electron chi connectivity index (χ1n) is 5.73. The summed E-state index contributed by atoms with van der Waals surface area (Å²) in [5.41, 5.74) is 0.950. The Morgan fingerprint density at radius 1 is 1.59 bits per heavy atom. The zero-order valence-electron chi connectivity index (χ0n) is 10.3. The molecular weight excluding hydrogens is 236 g/mol. The molecule has 2 aromatic rings. The Kier molecular flexibility index (Phi) is 3.47. The lowest BCUT2D eigenvalue weighted by atomic mass is 10.3. The van der Waals surface area contributed by atoms with Gasteiger partial charge in [-0.05, 0) is 19.4 Å². The highest BCUT2D eigenvalue weighted by Gasteiger charge is 2.15. The third-order valence-corrected chi connectivity index (χ3v) is 3.81.